The maximum absolute atomic E-state index is 14.5. The summed E-state index contributed by atoms with van der Waals surface area (Å²) in [5.41, 5.74) is 3.18. The van der Waals surface area contributed by atoms with Gasteiger partial charge in [-0.25, -0.2) is 9.78 Å². The summed E-state index contributed by atoms with van der Waals surface area (Å²) in [6, 6.07) is 29.3. The van der Waals surface area contributed by atoms with Gasteiger partial charge in [0.05, 0.1) is 29.7 Å². The summed E-state index contributed by atoms with van der Waals surface area (Å²) < 4.78 is 2.04. The SMILES string of the molecule is O=C(O)N1CCN(C(=O)c2ncn([C@H]3CCCCC3(O)CCNCc3ccccc3)c2-c2ccccc2)[C@H](Cc2ccccc2)C1. The number of amides is 2. The Balaban J connectivity index is 1.29. The Bertz CT molecular complexity index is 1600. The summed E-state index contributed by atoms with van der Waals surface area (Å²) in [5, 5.41) is 25.5. The number of hydrogen-bond acceptors (Lipinski definition) is 5. The first-order chi connectivity index (χ1) is 22.4. The topological polar surface area (TPSA) is 111 Å². The minimum absolute atomic E-state index is 0.215. The number of nitrogens with zero attached hydrogens (tertiary/aromatic N) is 4. The molecule has 240 valence electrons. The van der Waals surface area contributed by atoms with Crippen molar-refractivity contribution >= 4 is 12.0 Å². The molecule has 1 aliphatic carbocycles. The molecule has 0 spiro atoms. The fourth-order valence-corrected chi connectivity index (χ4v) is 7.16. The van der Waals surface area contributed by atoms with Gasteiger partial charge >= 0.3 is 6.09 Å². The summed E-state index contributed by atoms with van der Waals surface area (Å²) in [5.74, 6) is -0.215. The zero-order valence-electron chi connectivity index (χ0n) is 26.2. The van der Waals surface area contributed by atoms with Crippen molar-refractivity contribution in [2.45, 2.75) is 62.8 Å². The van der Waals surface area contributed by atoms with Crippen molar-refractivity contribution in [1.29, 1.82) is 0 Å². The molecule has 2 aliphatic rings. The number of carbonyl (C=O) groups excluding carboxylic acids is 1. The quantitative estimate of drug-likeness (QED) is 0.198. The van der Waals surface area contributed by atoms with E-state index in [2.05, 4.69) is 17.4 Å². The summed E-state index contributed by atoms with van der Waals surface area (Å²) in [6.45, 7) is 2.16. The highest BCUT2D eigenvalue weighted by Crippen LogP contribution is 2.42. The van der Waals surface area contributed by atoms with E-state index in [0.29, 0.717) is 37.2 Å². The average molecular weight is 622 g/mol. The Morgan fingerprint density at radius 2 is 1.57 bits per heavy atom. The molecule has 1 saturated carbocycles. The van der Waals surface area contributed by atoms with Gasteiger partial charge in [0.2, 0.25) is 0 Å². The third kappa shape index (κ3) is 7.00. The molecule has 3 N–H and O–H groups in total. The van der Waals surface area contributed by atoms with Crippen molar-refractivity contribution in [1.82, 2.24) is 24.7 Å². The molecule has 0 bridgehead atoms. The van der Waals surface area contributed by atoms with Crippen LogP contribution in [0, 0.1) is 0 Å². The molecule has 0 radical (unpaired) electrons. The van der Waals surface area contributed by atoms with Crippen LogP contribution < -0.4 is 5.32 Å². The zero-order valence-corrected chi connectivity index (χ0v) is 26.2. The zero-order chi connectivity index (χ0) is 31.9. The van der Waals surface area contributed by atoms with Gasteiger partial charge in [-0.15, -0.1) is 0 Å². The van der Waals surface area contributed by atoms with Crippen molar-refractivity contribution in [2.24, 2.45) is 0 Å². The van der Waals surface area contributed by atoms with Crippen LogP contribution in [0.25, 0.3) is 11.3 Å². The highest BCUT2D eigenvalue weighted by Gasteiger charge is 2.42. The lowest BCUT2D eigenvalue weighted by molar-refractivity contribution is -0.0472. The van der Waals surface area contributed by atoms with Gasteiger partial charge in [0.1, 0.15) is 0 Å². The van der Waals surface area contributed by atoms with Crippen molar-refractivity contribution < 1.29 is 19.8 Å². The number of aliphatic hydroxyl groups is 1. The summed E-state index contributed by atoms with van der Waals surface area (Å²) >= 11 is 0. The van der Waals surface area contributed by atoms with Gasteiger partial charge in [-0.3, -0.25) is 4.79 Å². The Hall–Kier alpha value is -4.47. The maximum atomic E-state index is 14.5. The average Bonchev–Trinajstić information content (AvgIpc) is 3.53. The predicted octanol–water partition coefficient (Wildman–Crippen LogP) is 5.62. The van der Waals surface area contributed by atoms with E-state index in [1.165, 1.54) is 10.5 Å². The summed E-state index contributed by atoms with van der Waals surface area (Å²) in [6.07, 6.45) is 5.26. The van der Waals surface area contributed by atoms with Crippen LogP contribution in [0.2, 0.25) is 0 Å². The number of carboxylic acid groups (broad SMARTS) is 1. The fourth-order valence-electron chi connectivity index (χ4n) is 7.16. The molecule has 1 aromatic heterocycles. The Labute approximate surface area is 270 Å². The number of piperazine rings is 1. The molecule has 9 nitrogen and oxygen atoms in total. The molecule has 1 aliphatic heterocycles. The van der Waals surface area contributed by atoms with E-state index in [0.717, 1.165) is 36.9 Å². The maximum Gasteiger partial charge on any atom is 0.407 e. The smallest absolute Gasteiger partial charge is 0.407 e. The second-order valence-corrected chi connectivity index (χ2v) is 12.6. The Kier molecular flexibility index (Phi) is 9.80. The van der Waals surface area contributed by atoms with Gasteiger partial charge in [0.15, 0.2) is 5.69 Å². The molecule has 4 aromatic rings. The van der Waals surface area contributed by atoms with Crippen molar-refractivity contribution in [2.75, 3.05) is 26.2 Å². The van der Waals surface area contributed by atoms with E-state index in [-0.39, 0.29) is 37.6 Å². The standard InChI is InChI=1S/C37H43N5O4/c43-35(41-23-22-40(36(44)45)26-31(41)24-28-12-4-1-5-13-28)33-34(30-16-8-3-9-17-30)42(27-39-33)32-18-10-11-19-37(32,46)20-21-38-25-29-14-6-2-7-15-29/h1-9,12-17,27,31-32,38,46H,10-11,18-26H2,(H,44,45)/t31-,32+,37?/m1/s1. The minimum atomic E-state index is -0.978. The van der Waals surface area contributed by atoms with Crippen LogP contribution in [0.4, 0.5) is 4.79 Å². The van der Waals surface area contributed by atoms with Gasteiger partial charge in [-0.1, -0.05) is 104 Å². The fraction of sp³-hybridized carbons (Fsp3) is 0.378. The Morgan fingerprint density at radius 1 is 0.891 bits per heavy atom. The minimum Gasteiger partial charge on any atom is -0.465 e. The number of nitrogens with one attached hydrogen (secondary N) is 1. The van der Waals surface area contributed by atoms with Crippen molar-refractivity contribution in [3.63, 3.8) is 0 Å². The number of benzene rings is 3. The monoisotopic (exact) mass is 621 g/mol. The van der Waals surface area contributed by atoms with E-state index in [1.807, 2.05) is 83.4 Å². The number of imidazole rings is 1. The van der Waals surface area contributed by atoms with Crippen molar-refractivity contribution in [3.05, 3.63) is 114 Å². The largest absolute Gasteiger partial charge is 0.465 e. The van der Waals surface area contributed by atoms with Crippen LogP contribution >= 0.6 is 0 Å². The van der Waals surface area contributed by atoms with Crippen LogP contribution in [-0.4, -0.2) is 79.4 Å². The van der Waals surface area contributed by atoms with Gasteiger partial charge in [0, 0.05) is 31.7 Å². The molecule has 1 unspecified atom stereocenters. The molecule has 2 heterocycles. The summed E-state index contributed by atoms with van der Waals surface area (Å²) in [4.78, 5) is 34.4. The normalized spacial score (nSPS) is 21.7. The van der Waals surface area contributed by atoms with Crippen molar-refractivity contribution in [3.8, 4) is 11.3 Å². The molecule has 2 fully saturated rings. The molecule has 2 amide bonds. The van der Waals surface area contributed by atoms with Crippen LogP contribution in [0.5, 0.6) is 0 Å². The first-order valence-electron chi connectivity index (χ1n) is 16.3. The molecule has 3 aromatic carbocycles. The second kappa shape index (κ2) is 14.3. The highest BCUT2D eigenvalue weighted by atomic mass is 16.4. The van der Waals surface area contributed by atoms with Crippen LogP contribution in [0.15, 0.2) is 97.3 Å². The summed E-state index contributed by atoms with van der Waals surface area (Å²) in [7, 11) is 0. The van der Waals surface area contributed by atoms with E-state index < -0.39 is 11.7 Å². The molecular weight excluding hydrogens is 578 g/mol. The Morgan fingerprint density at radius 3 is 2.26 bits per heavy atom. The lowest BCUT2D eigenvalue weighted by atomic mass is 9.77. The number of carbonyl (C=O) groups is 2. The molecule has 1 saturated heterocycles. The highest BCUT2D eigenvalue weighted by molar-refractivity contribution is 5.98. The van der Waals surface area contributed by atoms with Crippen LogP contribution in [0.3, 0.4) is 0 Å². The van der Waals surface area contributed by atoms with Gasteiger partial charge in [-0.05, 0) is 43.4 Å². The first kappa shape index (κ1) is 31.5. The number of aromatic nitrogens is 2. The molecule has 9 heteroatoms. The lowest BCUT2D eigenvalue weighted by Gasteiger charge is -2.42. The third-order valence-corrected chi connectivity index (χ3v) is 9.57. The third-order valence-electron chi connectivity index (χ3n) is 9.57. The number of hydrogen-bond donors (Lipinski definition) is 3. The molecular formula is C37H43N5O4. The van der Waals surface area contributed by atoms with E-state index in [9.17, 15) is 19.8 Å². The van der Waals surface area contributed by atoms with Gasteiger partial charge in [-0.2, -0.15) is 0 Å². The lowest BCUT2D eigenvalue weighted by Crippen LogP contribution is -2.57. The first-order valence-corrected chi connectivity index (χ1v) is 16.3. The molecule has 46 heavy (non-hydrogen) atoms. The van der Waals surface area contributed by atoms with Crippen LogP contribution in [0.1, 0.15) is 59.8 Å². The molecule has 3 atom stereocenters. The van der Waals surface area contributed by atoms with Crippen LogP contribution in [-0.2, 0) is 13.0 Å². The van der Waals surface area contributed by atoms with E-state index >= 15 is 0 Å². The van der Waals surface area contributed by atoms with E-state index in [4.69, 9.17) is 4.98 Å². The van der Waals surface area contributed by atoms with E-state index in [1.54, 1.807) is 11.2 Å². The number of rotatable bonds is 10. The predicted molar refractivity (Wildman–Crippen MR) is 177 cm³/mol. The van der Waals surface area contributed by atoms with Gasteiger partial charge in [0.25, 0.3) is 5.91 Å². The van der Waals surface area contributed by atoms with Gasteiger partial charge < -0.3 is 29.9 Å². The second-order valence-electron chi connectivity index (χ2n) is 12.6. The molecule has 6 rings (SSSR count).